The third-order valence-corrected chi connectivity index (χ3v) is 5.64. The minimum Gasteiger partial charge on any atom is -0.493 e. The summed E-state index contributed by atoms with van der Waals surface area (Å²) in [6.07, 6.45) is 1.02. The van der Waals surface area contributed by atoms with Crippen LogP contribution in [0.1, 0.15) is 21.5 Å². The Morgan fingerprint density at radius 3 is 2.13 bits per heavy atom. The van der Waals surface area contributed by atoms with Crippen molar-refractivity contribution < 1.29 is 32.2 Å². The van der Waals surface area contributed by atoms with E-state index in [9.17, 15) is 18.0 Å². The Kier molecular flexibility index (Phi) is 7.50. The standard InChI is InChI=1S/C21H26N2O7S/c1-13-7-8-17(14(2)9-13)23(31(6,26)27)12-20(24)22-16-11-19(29-4)18(28-3)10-15(16)21(25)30-5/h7-11H,12H2,1-6H3,(H,22,24). The van der Waals surface area contributed by atoms with E-state index in [4.69, 9.17) is 14.2 Å². The van der Waals surface area contributed by atoms with Gasteiger partial charge in [0.2, 0.25) is 15.9 Å². The third-order valence-electron chi connectivity index (χ3n) is 4.51. The fourth-order valence-corrected chi connectivity index (χ4v) is 3.96. The molecule has 0 aromatic heterocycles. The molecule has 9 nitrogen and oxygen atoms in total. The number of methoxy groups -OCH3 is 3. The van der Waals surface area contributed by atoms with E-state index >= 15 is 0 Å². The van der Waals surface area contributed by atoms with Gasteiger partial charge in [-0.25, -0.2) is 13.2 Å². The number of hydrogen-bond donors (Lipinski definition) is 1. The zero-order chi connectivity index (χ0) is 23.3. The number of nitrogens with one attached hydrogen (secondary N) is 1. The molecular formula is C21H26N2O7S. The van der Waals surface area contributed by atoms with Crippen LogP contribution in [0.15, 0.2) is 30.3 Å². The molecule has 0 saturated heterocycles. The Labute approximate surface area is 182 Å². The molecule has 0 heterocycles. The summed E-state index contributed by atoms with van der Waals surface area (Å²) in [5, 5.41) is 2.57. The zero-order valence-electron chi connectivity index (χ0n) is 18.3. The summed E-state index contributed by atoms with van der Waals surface area (Å²) in [6, 6.07) is 8.02. The summed E-state index contributed by atoms with van der Waals surface area (Å²) >= 11 is 0. The molecule has 0 aliphatic carbocycles. The summed E-state index contributed by atoms with van der Waals surface area (Å²) in [4.78, 5) is 25.0. The zero-order valence-corrected chi connectivity index (χ0v) is 19.1. The highest BCUT2D eigenvalue weighted by molar-refractivity contribution is 7.92. The first kappa shape index (κ1) is 24.0. The second kappa shape index (κ2) is 9.69. The van der Waals surface area contributed by atoms with Crippen molar-refractivity contribution >= 4 is 33.3 Å². The molecule has 168 valence electrons. The molecule has 2 rings (SSSR count). The maximum Gasteiger partial charge on any atom is 0.340 e. The van der Waals surface area contributed by atoms with Crippen molar-refractivity contribution in [1.82, 2.24) is 0 Å². The van der Waals surface area contributed by atoms with E-state index in [-0.39, 0.29) is 22.7 Å². The maximum absolute atomic E-state index is 12.8. The minimum absolute atomic E-state index is 0.0333. The third kappa shape index (κ3) is 5.66. The predicted octanol–water partition coefficient (Wildman–Crippen LogP) is 2.51. The van der Waals surface area contributed by atoms with Crippen LogP contribution >= 0.6 is 0 Å². The lowest BCUT2D eigenvalue weighted by Crippen LogP contribution is -2.38. The van der Waals surface area contributed by atoms with Crippen LogP contribution in [0.5, 0.6) is 11.5 Å². The van der Waals surface area contributed by atoms with Gasteiger partial charge in [-0.2, -0.15) is 0 Å². The number of carbonyl (C=O) groups is 2. The van der Waals surface area contributed by atoms with Crippen LogP contribution in [0.25, 0.3) is 0 Å². The molecule has 2 aromatic rings. The van der Waals surface area contributed by atoms with Gasteiger partial charge >= 0.3 is 5.97 Å². The predicted molar refractivity (Wildman–Crippen MR) is 118 cm³/mol. The SMILES string of the molecule is COC(=O)c1cc(OC)c(OC)cc1NC(=O)CN(c1ccc(C)cc1C)S(C)(=O)=O. The number of carbonyl (C=O) groups excluding carboxylic acids is 2. The number of rotatable bonds is 8. The highest BCUT2D eigenvalue weighted by Crippen LogP contribution is 2.34. The van der Waals surface area contributed by atoms with Gasteiger partial charge < -0.3 is 19.5 Å². The van der Waals surface area contributed by atoms with Crippen molar-refractivity contribution in [2.24, 2.45) is 0 Å². The van der Waals surface area contributed by atoms with Crippen LogP contribution < -0.4 is 19.1 Å². The second-order valence-electron chi connectivity index (χ2n) is 6.85. The van der Waals surface area contributed by atoms with Gasteiger partial charge in [0.15, 0.2) is 11.5 Å². The van der Waals surface area contributed by atoms with Crippen molar-refractivity contribution in [3.63, 3.8) is 0 Å². The Bertz CT molecular complexity index is 1100. The molecule has 0 aliphatic rings. The van der Waals surface area contributed by atoms with E-state index in [1.165, 1.54) is 33.5 Å². The number of aryl methyl sites for hydroxylation is 2. The lowest BCUT2D eigenvalue weighted by molar-refractivity contribution is -0.114. The van der Waals surface area contributed by atoms with Crippen molar-refractivity contribution in [3.8, 4) is 11.5 Å². The fraction of sp³-hybridized carbons (Fsp3) is 0.333. The van der Waals surface area contributed by atoms with Gasteiger partial charge in [-0.15, -0.1) is 0 Å². The molecule has 0 aliphatic heterocycles. The smallest absolute Gasteiger partial charge is 0.340 e. The molecule has 1 N–H and O–H groups in total. The van der Waals surface area contributed by atoms with Crippen LogP contribution in [-0.2, 0) is 19.6 Å². The number of sulfonamides is 1. The molecule has 0 fully saturated rings. The summed E-state index contributed by atoms with van der Waals surface area (Å²) in [6.45, 7) is 3.17. The number of hydrogen-bond acceptors (Lipinski definition) is 7. The molecule has 31 heavy (non-hydrogen) atoms. The fourth-order valence-electron chi connectivity index (χ4n) is 3.05. The maximum atomic E-state index is 12.8. The topological polar surface area (TPSA) is 111 Å². The first-order valence-electron chi connectivity index (χ1n) is 9.21. The van der Waals surface area contributed by atoms with Gasteiger partial charge in [0.25, 0.3) is 0 Å². The summed E-state index contributed by atoms with van der Waals surface area (Å²) in [5.74, 6) is -0.804. The van der Waals surface area contributed by atoms with Crippen LogP contribution in [0.2, 0.25) is 0 Å². The number of benzene rings is 2. The second-order valence-corrected chi connectivity index (χ2v) is 8.76. The summed E-state index contributed by atoms with van der Waals surface area (Å²) in [7, 11) is 0.263. The summed E-state index contributed by atoms with van der Waals surface area (Å²) < 4.78 is 41.0. The molecule has 0 atom stereocenters. The van der Waals surface area contributed by atoms with Crippen molar-refractivity contribution in [2.45, 2.75) is 13.8 Å². The molecule has 0 radical (unpaired) electrons. The summed E-state index contributed by atoms with van der Waals surface area (Å²) in [5.41, 5.74) is 2.20. The highest BCUT2D eigenvalue weighted by atomic mass is 32.2. The first-order chi connectivity index (χ1) is 14.5. The Hall–Kier alpha value is -3.27. The number of nitrogens with zero attached hydrogens (tertiary/aromatic N) is 1. The van der Waals surface area contributed by atoms with Crippen LogP contribution in [0.3, 0.4) is 0 Å². The largest absolute Gasteiger partial charge is 0.493 e. The van der Waals surface area contributed by atoms with Gasteiger partial charge in [0.1, 0.15) is 6.54 Å². The highest BCUT2D eigenvalue weighted by Gasteiger charge is 2.24. The molecule has 0 spiro atoms. The minimum atomic E-state index is -3.76. The van der Waals surface area contributed by atoms with Gasteiger partial charge in [-0.05, 0) is 25.5 Å². The Balaban J connectivity index is 2.41. The molecule has 0 bridgehead atoms. The van der Waals surface area contributed by atoms with Crippen LogP contribution in [0, 0.1) is 13.8 Å². The Morgan fingerprint density at radius 2 is 1.61 bits per heavy atom. The molecule has 0 unspecified atom stereocenters. The van der Waals surface area contributed by atoms with Crippen molar-refractivity contribution in [1.29, 1.82) is 0 Å². The normalized spacial score (nSPS) is 10.9. The monoisotopic (exact) mass is 450 g/mol. The molecular weight excluding hydrogens is 424 g/mol. The molecule has 10 heteroatoms. The first-order valence-corrected chi connectivity index (χ1v) is 11.1. The average molecular weight is 451 g/mol. The van der Waals surface area contributed by atoms with E-state index in [0.29, 0.717) is 11.3 Å². The quantitative estimate of drug-likeness (QED) is 0.615. The molecule has 0 saturated carbocycles. The van der Waals surface area contributed by atoms with Gasteiger partial charge in [0.05, 0.1) is 44.5 Å². The number of esters is 1. The van der Waals surface area contributed by atoms with E-state index < -0.39 is 28.4 Å². The van der Waals surface area contributed by atoms with E-state index in [1.807, 2.05) is 13.0 Å². The lowest BCUT2D eigenvalue weighted by atomic mass is 10.1. The molecule has 1 amide bonds. The van der Waals surface area contributed by atoms with Gasteiger partial charge in [-0.3, -0.25) is 9.10 Å². The van der Waals surface area contributed by atoms with E-state index in [2.05, 4.69) is 5.32 Å². The lowest BCUT2D eigenvalue weighted by Gasteiger charge is -2.24. The number of anilines is 2. The van der Waals surface area contributed by atoms with Gasteiger partial charge in [-0.1, -0.05) is 17.7 Å². The van der Waals surface area contributed by atoms with Crippen LogP contribution in [-0.4, -0.2) is 54.4 Å². The van der Waals surface area contributed by atoms with Crippen LogP contribution in [0.4, 0.5) is 11.4 Å². The molecule has 2 aromatic carbocycles. The number of ether oxygens (including phenoxy) is 3. The van der Waals surface area contributed by atoms with Gasteiger partial charge in [0, 0.05) is 12.1 Å². The number of amides is 1. The van der Waals surface area contributed by atoms with E-state index in [1.54, 1.807) is 19.1 Å². The average Bonchev–Trinajstić information content (AvgIpc) is 2.70. The van der Waals surface area contributed by atoms with E-state index in [0.717, 1.165) is 16.1 Å². The Morgan fingerprint density at radius 1 is 1.00 bits per heavy atom. The van der Waals surface area contributed by atoms with Crippen molar-refractivity contribution in [2.75, 3.05) is 43.8 Å². The van der Waals surface area contributed by atoms with Crippen molar-refractivity contribution in [3.05, 3.63) is 47.0 Å².